The maximum atomic E-state index is 13.6. The first-order valence-corrected chi connectivity index (χ1v) is 5.44. The van der Waals surface area contributed by atoms with Gasteiger partial charge < -0.3 is 15.2 Å². The van der Waals surface area contributed by atoms with Crippen molar-refractivity contribution in [1.29, 1.82) is 0 Å². The molecule has 5 heteroatoms. The van der Waals surface area contributed by atoms with Crippen LogP contribution in [0.3, 0.4) is 0 Å². The van der Waals surface area contributed by atoms with Crippen molar-refractivity contribution in [2.75, 3.05) is 25.1 Å². The fourth-order valence-corrected chi connectivity index (χ4v) is 1.22. The van der Waals surface area contributed by atoms with Crippen molar-refractivity contribution in [1.82, 2.24) is 0 Å². The Kier molecular flexibility index (Phi) is 5.85. The topological polar surface area (TPSA) is 58.6 Å². The zero-order valence-electron chi connectivity index (χ0n) is 10.00. The van der Waals surface area contributed by atoms with E-state index in [1.807, 2.05) is 0 Å². The van der Waals surface area contributed by atoms with Crippen LogP contribution in [0.5, 0.6) is 0 Å². The summed E-state index contributed by atoms with van der Waals surface area (Å²) >= 11 is 0. The highest BCUT2D eigenvalue weighted by molar-refractivity contribution is 5.91. The van der Waals surface area contributed by atoms with Gasteiger partial charge in [0.25, 0.3) is 0 Å². The Balaban J connectivity index is 2.70. The van der Waals surface area contributed by atoms with Crippen LogP contribution < -0.4 is 5.32 Å². The van der Waals surface area contributed by atoms with E-state index in [9.17, 15) is 9.18 Å². The second kappa shape index (κ2) is 7.43. The normalized spacial score (nSPS) is 9.50. The minimum atomic E-state index is -0.579. The lowest BCUT2D eigenvalue weighted by atomic mass is 10.2. The van der Waals surface area contributed by atoms with Crippen molar-refractivity contribution in [3.8, 4) is 11.8 Å². The van der Waals surface area contributed by atoms with Gasteiger partial charge in [-0.2, -0.15) is 0 Å². The highest BCUT2D eigenvalue weighted by Gasteiger charge is 2.07. The molecule has 1 aromatic carbocycles. The molecule has 1 aromatic rings. The number of aliphatic hydroxyl groups is 1. The van der Waals surface area contributed by atoms with Gasteiger partial charge in [0.15, 0.2) is 0 Å². The summed E-state index contributed by atoms with van der Waals surface area (Å²) in [5.74, 6) is 3.99. The van der Waals surface area contributed by atoms with Crippen LogP contribution in [0.4, 0.5) is 10.1 Å². The van der Waals surface area contributed by atoms with E-state index in [1.54, 1.807) is 13.0 Å². The van der Waals surface area contributed by atoms with Crippen molar-refractivity contribution in [3.63, 3.8) is 0 Å². The number of amides is 1. The van der Waals surface area contributed by atoms with E-state index >= 15 is 0 Å². The molecule has 0 fully saturated rings. The number of hydrogen-bond acceptors (Lipinski definition) is 3. The molecule has 18 heavy (non-hydrogen) atoms. The zero-order valence-corrected chi connectivity index (χ0v) is 10.00. The molecule has 0 spiro atoms. The number of carbonyl (C=O) groups excluding carboxylic acids is 1. The monoisotopic (exact) mass is 251 g/mol. The van der Waals surface area contributed by atoms with Gasteiger partial charge in [0, 0.05) is 12.2 Å². The molecule has 1 rings (SSSR count). The molecule has 0 unspecified atom stereocenters. The maximum Gasteiger partial charge on any atom is 0.250 e. The van der Waals surface area contributed by atoms with E-state index < -0.39 is 11.7 Å². The van der Waals surface area contributed by atoms with E-state index in [-0.39, 0.29) is 18.9 Å². The van der Waals surface area contributed by atoms with Crippen molar-refractivity contribution < 1.29 is 19.0 Å². The smallest absolute Gasteiger partial charge is 0.250 e. The highest BCUT2D eigenvalue weighted by Crippen LogP contribution is 2.15. The van der Waals surface area contributed by atoms with Gasteiger partial charge in [0.2, 0.25) is 5.91 Å². The molecule has 96 valence electrons. The summed E-state index contributed by atoms with van der Waals surface area (Å²) in [6.07, 6.45) is 0. The molecular formula is C13H14FNO3. The molecular weight excluding hydrogens is 237 g/mol. The van der Waals surface area contributed by atoms with Gasteiger partial charge in [-0.25, -0.2) is 4.39 Å². The summed E-state index contributed by atoms with van der Waals surface area (Å²) < 4.78 is 18.5. The van der Waals surface area contributed by atoms with Crippen molar-refractivity contribution in [3.05, 3.63) is 29.6 Å². The van der Waals surface area contributed by atoms with Crippen LogP contribution >= 0.6 is 0 Å². The van der Waals surface area contributed by atoms with Crippen LogP contribution in [0.1, 0.15) is 12.5 Å². The van der Waals surface area contributed by atoms with Gasteiger partial charge in [0.1, 0.15) is 19.0 Å². The molecule has 4 nitrogen and oxygen atoms in total. The van der Waals surface area contributed by atoms with Gasteiger partial charge in [-0.3, -0.25) is 4.79 Å². The number of nitrogens with one attached hydrogen (secondary N) is 1. The summed E-state index contributed by atoms with van der Waals surface area (Å²) in [6, 6.07) is 4.17. The molecule has 1 amide bonds. The van der Waals surface area contributed by atoms with Gasteiger partial charge >= 0.3 is 0 Å². The third kappa shape index (κ3) is 4.53. The van der Waals surface area contributed by atoms with Gasteiger partial charge in [-0.05, 0) is 25.1 Å². The predicted octanol–water partition coefficient (Wildman–Crippen LogP) is 1.14. The van der Waals surface area contributed by atoms with Gasteiger partial charge in [-0.1, -0.05) is 11.8 Å². The van der Waals surface area contributed by atoms with Gasteiger partial charge in [-0.15, -0.1) is 0 Å². The second-order valence-electron chi connectivity index (χ2n) is 3.34. The number of aliphatic hydroxyl groups excluding tert-OH is 1. The Morgan fingerprint density at radius 3 is 2.94 bits per heavy atom. The van der Waals surface area contributed by atoms with E-state index in [0.29, 0.717) is 12.2 Å². The molecule has 0 aliphatic rings. The minimum absolute atomic E-state index is 0.0780. The Labute approximate surface area is 105 Å². The number of rotatable bonds is 4. The van der Waals surface area contributed by atoms with Crippen molar-refractivity contribution >= 4 is 11.6 Å². The third-order valence-corrected chi connectivity index (χ3v) is 1.99. The molecule has 0 radical (unpaired) electrons. The van der Waals surface area contributed by atoms with E-state index in [1.165, 1.54) is 12.1 Å². The lowest BCUT2D eigenvalue weighted by Crippen LogP contribution is -2.18. The maximum absolute atomic E-state index is 13.6. The Bertz CT molecular complexity index is 477. The van der Waals surface area contributed by atoms with Gasteiger partial charge in [0.05, 0.1) is 5.69 Å². The molecule has 0 aromatic heterocycles. The Morgan fingerprint density at radius 1 is 1.56 bits per heavy atom. The van der Waals surface area contributed by atoms with Crippen molar-refractivity contribution in [2.24, 2.45) is 0 Å². The number of carbonyl (C=O) groups is 1. The van der Waals surface area contributed by atoms with E-state index in [2.05, 4.69) is 17.2 Å². The molecule has 0 heterocycles. The summed E-state index contributed by atoms with van der Waals surface area (Å²) in [7, 11) is 0. The van der Waals surface area contributed by atoms with E-state index in [0.717, 1.165) is 0 Å². The van der Waals surface area contributed by atoms with Crippen LogP contribution in [0.15, 0.2) is 18.2 Å². The zero-order chi connectivity index (χ0) is 13.4. The molecule has 0 saturated carbocycles. The number of anilines is 1. The first-order valence-electron chi connectivity index (χ1n) is 5.44. The molecule has 0 atom stereocenters. The molecule has 0 bridgehead atoms. The quantitative estimate of drug-likeness (QED) is 0.789. The van der Waals surface area contributed by atoms with Crippen LogP contribution in [0, 0.1) is 17.7 Å². The number of benzene rings is 1. The van der Waals surface area contributed by atoms with Crippen LogP contribution in [-0.2, 0) is 9.53 Å². The Morgan fingerprint density at radius 2 is 2.33 bits per heavy atom. The summed E-state index contributed by atoms with van der Waals surface area (Å²) in [4.78, 5) is 11.3. The average molecular weight is 251 g/mol. The molecule has 0 aliphatic heterocycles. The minimum Gasteiger partial charge on any atom is -0.384 e. The number of halogens is 1. The summed E-state index contributed by atoms with van der Waals surface area (Å²) in [6.45, 7) is 1.80. The van der Waals surface area contributed by atoms with Crippen LogP contribution in [0.2, 0.25) is 0 Å². The van der Waals surface area contributed by atoms with E-state index in [4.69, 9.17) is 9.84 Å². The van der Waals surface area contributed by atoms with Crippen LogP contribution in [-0.4, -0.2) is 30.8 Å². The summed E-state index contributed by atoms with van der Waals surface area (Å²) in [5, 5.41) is 10.9. The first-order chi connectivity index (χ1) is 8.67. The predicted molar refractivity (Wildman–Crippen MR) is 65.5 cm³/mol. The second-order valence-corrected chi connectivity index (χ2v) is 3.34. The first kappa shape index (κ1) is 14.2. The largest absolute Gasteiger partial charge is 0.384 e. The fourth-order valence-electron chi connectivity index (χ4n) is 1.22. The fraction of sp³-hybridized carbons (Fsp3) is 0.308. The molecule has 0 aliphatic carbocycles. The molecule has 0 saturated heterocycles. The average Bonchev–Trinajstić information content (AvgIpc) is 2.36. The summed E-state index contributed by atoms with van der Waals surface area (Å²) in [5.41, 5.74) is 0.513. The highest BCUT2D eigenvalue weighted by atomic mass is 19.1. The third-order valence-electron chi connectivity index (χ3n) is 1.99. The number of ether oxygens (including phenoxy) is 1. The Hall–Kier alpha value is -1.90. The lowest BCUT2D eigenvalue weighted by molar-refractivity contribution is -0.120. The number of hydrogen-bond donors (Lipinski definition) is 2. The standard InChI is InChI=1S/C13H14FNO3/c1-2-18-9-13(17)15-12-6-5-10(4-3-7-16)8-11(12)14/h5-6,8,16H,2,7,9H2,1H3,(H,15,17). The molecule has 2 N–H and O–H groups in total. The lowest BCUT2D eigenvalue weighted by Gasteiger charge is -2.06. The SMILES string of the molecule is CCOCC(=O)Nc1ccc(C#CCO)cc1F. The van der Waals surface area contributed by atoms with Crippen molar-refractivity contribution in [2.45, 2.75) is 6.92 Å². The van der Waals surface area contributed by atoms with Crippen LogP contribution in [0.25, 0.3) is 0 Å².